The number of amides is 1. The fourth-order valence-electron chi connectivity index (χ4n) is 1.96. The first-order chi connectivity index (χ1) is 8.63. The standard InChI is InChI=1S/C11H16N4O3/c1-2-15-9(11(17)18)7-8(13-15)10(16)14-5-3-12-4-6-14/h7,12H,2-6H2,1H3,(H,17,18). The molecular formula is C11H16N4O3. The molecule has 0 spiro atoms. The van der Waals surface area contributed by atoms with E-state index in [0.717, 1.165) is 13.1 Å². The fourth-order valence-corrected chi connectivity index (χ4v) is 1.96. The van der Waals surface area contributed by atoms with Crippen LogP contribution in [-0.2, 0) is 6.54 Å². The van der Waals surface area contributed by atoms with Gasteiger partial charge in [-0.2, -0.15) is 5.10 Å². The van der Waals surface area contributed by atoms with Crippen LogP contribution in [0.15, 0.2) is 6.07 Å². The van der Waals surface area contributed by atoms with Crippen LogP contribution in [0.4, 0.5) is 0 Å². The Hall–Kier alpha value is -1.89. The Morgan fingerprint density at radius 2 is 2.11 bits per heavy atom. The van der Waals surface area contributed by atoms with Crippen LogP contribution in [0.3, 0.4) is 0 Å². The highest BCUT2D eigenvalue weighted by Crippen LogP contribution is 2.08. The number of hydrogen-bond acceptors (Lipinski definition) is 4. The van der Waals surface area contributed by atoms with Crippen LogP contribution in [0.2, 0.25) is 0 Å². The van der Waals surface area contributed by atoms with E-state index in [4.69, 9.17) is 5.11 Å². The van der Waals surface area contributed by atoms with Gasteiger partial charge in [0.05, 0.1) is 0 Å². The largest absolute Gasteiger partial charge is 0.477 e. The molecule has 1 aliphatic rings. The second-order valence-corrected chi connectivity index (χ2v) is 4.08. The molecule has 0 aromatic carbocycles. The number of carbonyl (C=O) groups is 2. The minimum Gasteiger partial charge on any atom is -0.477 e. The molecule has 0 atom stereocenters. The zero-order valence-corrected chi connectivity index (χ0v) is 10.2. The van der Waals surface area contributed by atoms with E-state index in [-0.39, 0.29) is 17.3 Å². The number of carbonyl (C=O) groups excluding carboxylic acids is 1. The lowest BCUT2D eigenvalue weighted by molar-refractivity contribution is 0.0682. The van der Waals surface area contributed by atoms with Crippen molar-refractivity contribution in [3.05, 3.63) is 17.5 Å². The summed E-state index contributed by atoms with van der Waals surface area (Å²) in [7, 11) is 0. The summed E-state index contributed by atoms with van der Waals surface area (Å²) in [5, 5.41) is 16.2. The van der Waals surface area contributed by atoms with Crippen molar-refractivity contribution >= 4 is 11.9 Å². The zero-order valence-electron chi connectivity index (χ0n) is 10.2. The summed E-state index contributed by atoms with van der Waals surface area (Å²) in [5.74, 6) is -1.27. The van der Waals surface area contributed by atoms with Crippen molar-refractivity contribution in [2.75, 3.05) is 26.2 Å². The molecule has 1 aliphatic heterocycles. The van der Waals surface area contributed by atoms with Gasteiger partial charge in [0, 0.05) is 38.8 Å². The molecule has 0 aliphatic carbocycles. The third-order valence-corrected chi connectivity index (χ3v) is 2.92. The second-order valence-electron chi connectivity index (χ2n) is 4.08. The van der Waals surface area contributed by atoms with E-state index in [9.17, 15) is 9.59 Å². The lowest BCUT2D eigenvalue weighted by Crippen LogP contribution is -2.46. The maximum atomic E-state index is 12.1. The number of nitrogens with zero attached hydrogens (tertiary/aromatic N) is 3. The minimum atomic E-state index is -1.07. The van der Waals surface area contributed by atoms with Crippen LogP contribution in [0.1, 0.15) is 27.9 Å². The number of aryl methyl sites for hydroxylation is 1. The van der Waals surface area contributed by atoms with Crippen LogP contribution in [0.25, 0.3) is 0 Å². The van der Waals surface area contributed by atoms with Crippen molar-refractivity contribution in [2.24, 2.45) is 0 Å². The van der Waals surface area contributed by atoms with Gasteiger partial charge < -0.3 is 15.3 Å². The minimum absolute atomic E-state index is 0.0518. The molecule has 1 saturated heterocycles. The Morgan fingerprint density at radius 3 is 2.61 bits per heavy atom. The number of rotatable bonds is 3. The Labute approximate surface area is 104 Å². The number of aromatic carboxylic acids is 1. The van der Waals surface area contributed by atoms with Crippen molar-refractivity contribution < 1.29 is 14.7 Å². The molecule has 2 heterocycles. The highest BCUT2D eigenvalue weighted by atomic mass is 16.4. The average molecular weight is 252 g/mol. The van der Waals surface area contributed by atoms with E-state index >= 15 is 0 Å². The van der Waals surface area contributed by atoms with Gasteiger partial charge in [-0.05, 0) is 6.92 Å². The van der Waals surface area contributed by atoms with Crippen LogP contribution in [0, 0.1) is 0 Å². The molecule has 0 radical (unpaired) electrons. The lowest BCUT2D eigenvalue weighted by Gasteiger charge is -2.26. The third-order valence-electron chi connectivity index (χ3n) is 2.92. The fraction of sp³-hybridized carbons (Fsp3) is 0.545. The monoisotopic (exact) mass is 252 g/mol. The lowest BCUT2D eigenvalue weighted by atomic mass is 10.3. The third kappa shape index (κ3) is 2.35. The van der Waals surface area contributed by atoms with Gasteiger partial charge in [0.25, 0.3) is 5.91 Å². The van der Waals surface area contributed by atoms with E-state index in [2.05, 4.69) is 10.4 Å². The van der Waals surface area contributed by atoms with Crippen molar-refractivity contribution in [1.29, 1.82) is 0 Å². The predicted octanol–water partition coefficient (Wildman–Crippen LogP) is -0.353. The average Bonchev–Trinajstić information content (AvgIpc) is 2.83. The first-order valence-corrected chi connectivity index (χ1v) is 5.94. The zero-order chi connectivity index (χ0) is 13.1. The second kappa shape index (κ2) is 5.18. The molecular weight excluding hydrogens is 236 g/mol. The first kappa shape index (κ1) is 12.6. The number of hydrogen-bond donors (Lipinski definition) is 2. The van der Waals surface area contributed by atoms with Gasteiger partial charge in [0.1, 0.15) is 5.69 Å². The summed E-state index contributed by atoms with van der Waals surface area (Å²) in [6, 6.07) is 1.34. The van der Waals surface area contributed by atoms with Crippen molar-refractivity contribution in [3.63, 3.8) is 0 Å². The first-order valence-electron chi connectivity index (χ1n) is 5.94. The molecule has 0 bridgehead atoms. The molecule has 1 aromatic heterocycles. The molecule has 0 saturated carbocycles. The smallest absolute Gasteiger partial charge is 0.354 e. The molecule has 1 fully saturated rings. The molecule has 7 heteroatoms. The number of carboxylic acids is 1. The van der Waals surface area contributed by atoms with Gasteiger partial charge >= 0.3 is 5.97 Å². The van der Waals surface area contributed by atoms with Crippen LogP contribution in [0.5, 0.6) is 0 Å². The van der Waals surface area contributed by atoms with E-state index in [1.165, 1.54) is 10.7 Å². The summed E-state index contributed by atoms with van der Waals surface area (Å²) in [6.45, 7) is 4.98. The van der Waals surface area contributed by atoms with Crippen molar-refractivity contribution in [2.45, 2.75) is 13.5 Å². The summed E-state index contributed by atoms with van der Waals surface area (Å²) in [6.07, 6.45) is 0. The number of aromatic nitrogens is 2. The molecule has 0 unspecified atom stereocenters. The molecule has 2 N–H and O–H groups in total. The maximum absolute atomic E-state index is 12.1. The highest BCUT2D eigenvalue weighted by Gasteiger charge is 2.23. The van der Waals surface area contributed by atoms with Gasteiger partial charge in [-0.1, -0.05) is 0 Å². The molecule has 2 rings (SSSR count). The van der Waals surface area contributed by atoms with Crippen molar-refractivity contribution in [3.8, 4) is 0 Å². The van der Waals surface area contributed by atoms with Gasteiger partial charge in [-0.3, -0.25) is 9.48 Å². The quantitative estimate of drug-likeness (QED) is 0.767. The summed E-state index contributed by atoms with van der Waals surface area (Å²) < 4.78 is 1.33. The Bertz CT molecular complexity index is 463. The topological polar surface area (TPSA) is 87.5 Å². The summed E-state index contributed by atoms with van der Waals surface area (Å²) >= 11 is 0. The molecule has 1 amide bonds. The van der Waals surface area contributed by atoms with Crippen LogP contribution >= 0.6 is 0 Å². The van der Waals surface area contributed by atoms with Gasteiger partial charge in [-0.25, -0.2) is 4.79 Å². The summed E-state index contributed by atoms with van der Waals surface area (Å²) in [5.41, 5.74) is 0.257. The summed E-state index contributed by atoms with van der Waals surface area (Å²) in [4.78, 5) is 24.8. The van der Waals surface area contributed by atoms with Crippen LogP contribution < -0.4 is 5.32 Å². The highest BCUT2D eigenvalue weighted by molar-refractivity contribution is 5.95. The van der Waals surface area contributed by atoms with Gasteiger partial charge in [0.2, 0.25) is 0 Å². The molecule has 18 heavy (non-hydrogen) atoms. The van der Waals surface area contributed by atoms with Gasteiger partial charge in [-0.15, -0.1) is 0 Å². The number of nitrogens with one attached hydrogen (secondary N) is 1. The Kier molecular flexibility index (Phi) is 3.61. The van der Waals surface area contributed by atoms with E-state index in [1.807, 2.05) is 0 Å². The number of carboxylic acid groups (broad SMARTS) is 1. The Balaban J connectivity index is 2.22. The maximum Gasteiger partial charge on any atom is 0.354 e. The molecule has 7 nitrogen and oxygen atoms in total. The van der Waals surface area contributed by atoms with E-state index in [1.54, 1.807) is 11.8 Å². The van der Waals surface area contributed by atoms with Crippen molar-refractivity contribution in [1.82, 2.24) is 20.0 Å². The predicted molar refractivity (Wildman–Crippen MR) is 63.6 cm³/mol. The van der Waals surface area contributed by atoms with E-state index < -0.39 is 5.97 Å². The normalized spacial score (nSPS) is 15.7. The SMILES string of the molecule is CCn1nc(C(=O)N2CCNCC2)cc1C(=O)O. The number of piperazine rings is 1. The van der Waals surface area contributed by atoms with Gasteiger partial charge in [0.15, 0.2) is 5.69 Å². The Morgan fingerprint density at radius 1 is 1.44 bits per heavy atom. The molecule has 98 valence electrons. The van der Waals surface area contributed by atoms with Crippen LogP contribution in [-0.4, -0.2) is 57.8 Å². The van der Waals surface area contributed by atoms with E-state index in [0.29, 0.717) is 19.6 Å². The molecule has 1 aromatic rings.